The summed E-state index contributed by atoms with van der Waals surface area (Å²) in [5.74, 6) is 2.88. The molecule has 0 bridgehead atoms. The van der Waals surface area contributed by atoms with Crippen LogP contribution in [-0.4, -0.2) is 29.1 Å². The van der Waals surface area contributed by atoms with Crippen molar-refractivity contribution in [2.24, 2.45) is 0 Å². The summed E-state index contributed by atoms with van der Waals surface area (Å²) in [6.45, 7) is 0. The minimum Gasteiger partial charge on any atom is -0.437 e. The Labute approximate surface area is 313 Å². The molecule has 0 radical (unpaired) electrons. The topological polar surface area (TPSA) is 74.6 Å². The lowest BCUT2D eigenvalue weighted by Crippen LogP contribution is -2.03. The quantitative estimate of drug-likeness (QED) is 0.182. The van der Waals surface area contributed by atoms with E-state index in [1.54, 1.807) is 0 Å². The van der Waals surface area contributed by atoms with Gasteiger partial charge in [-0.25, -0.2) is 15.0 Å². The van der Waals surface area contributed by atoms with E-state index < -0.39 is 0 Å². The highest BCUT2D eigenvalue weighted by atomic mass is 16.3. The fourth-order valence-electron chi connectivity index (χ4n) is 8.33. The zero-order valence-electron chi connectivity index (χ0n) is 29.3. The van der Waals surface area contributed by atoms with Gasteiger partial charge in [0.25, 0.3) is 0 Å². The molecule has 0 aliphatic heterocycles. The second-order valence-electron chi connectivity index (χ2n) is 13.9. The van der Waals surface area contributed by atoms with Gasteiger partial charge in [-0.15, -0.1) is 0 Å². The average molecular weight is 705 g/mol. The van der Waals surface area contributed by atoms with E-state index in [2.05, 4.69) is 130 Å². The van der Waals surface area contributed by atoms with Gasteiger partial charge >= 0.3 is 0 Å². The predicted octanol–water partition coefficient (Wildman–Crippen LogP) is 11.8. The maximum absolute atomic E-state index is 6.50. The van der Waals surface area contributed by atoms with Gasteiger partial charge in [-0.1, -0.05) is 115 Å². The third kappa shape index (κ3) is 4.38. The van der Waals surface area contributed by atoms with E-state index in [-0.39, 0.29) is 0 Å². The van der Waals surface area contributed by atoms with E-state index >= 15 is 0 Å². The SMILES string of the molecule is c1ccc(-c2nc(-n3c4ccccc4c4cc(-c5nc(-n6c7ccccc7c7ccccc76)c6c(n5)oc5ccccc56)ccc43)c3ccccc3n2)cc1. The van der Waals surface area contributed by atoms with E-state index in [0.29, 0.717) is 17.4 Å². The number of furan rings is 1. The van der Waals surface area contributed by atoms with Crippen molar-refractivity contribution in [1.29, 1.82) is 0 Å². The van der Waals surface area contributed by atoms with Crippen molar-refractivity contribution in [3.05, 3.63) is 170 Å². The van der Waals surface area contributed by atoms with Crippen LogP contribution < -0.4 is 0 Å². The lowest BCUT2D eigenvalue weighted by molar-refractivity contribution is 0.653. The average Bonchev–Trinajstić information content (AvgIpc) is 3.91. The summed E-state index contributed by atoms with van der Waals surface area (Å²) in [6, 6.07) is 58.5. The van der Waals surface area contributed by atoms with Crippen molar-refractivity contribution in [2.75, 3.05) is 0 Å². The molecule has 5 aromatic heterocycles. The number of hydrogen-bond acceptors (Lipinski definition) is 5. The number of rotatable bonds is 4. The van der Waals surface area contributed by atoms with Gasteiger partial charge in [0.15, 0.2) is 17.5 Å². The first-order valence-corrected chi connectivity index (χ1v) is 18.3. The van der Waals surface area contributed by atoms with Crippen LogP contribution >= 0.6 is 0 Å². The standard InChI is InChI=1S/C48H28N6O/c1-2-14-29(15-3-1)44-49-37-21-9-4-19-34(37)46(50-44)53-40-24-12-7-18-33(40)36-28-30(26-27-41(36)53)45-51-47(43-35-20-8-13-25-42(35)55-48(43)52-45)54-38-22-10-5-16-31(38)32-17-6-11-23-39(32)54/h1-28H. The van der Waals surface area contributed by atoms with Crippen molar-refractivity contribution in [2.45, 2.75) is 0 Å². The maximum atomic E-state index is 6.50. The van der Waals surface area contributed by atoms with Crippen LogP contribution in [0, 0.1) is 0 Å². The Balaban J connectivity index is 1.13. The fourth-order valence-corrected chi connectivity index (χ4v) is 8.33. The molecule has 7 nitrogen and oxygen atoms in total. The van der Waals surface area contributed by atoms with Crippen LogP contribution in [0.15, 0.2) is 174 Å². The molecule has 0 unspecified atom stereocenters. The van der Waals surface area contributed by atoms with E-state index in [0.717, 1.165) is 82.9 Å². The highest BCUT2D eigenvalue weighted by molar-refractivity contribution is 6.14. The summed E-state index contributed by atoms with van der Waals surface area (Å²) in [6.07, 6.45) is 0. The molecule has 7 aromatic carbocycles. The smallest absolute Gasteiger partial charge is 0.233 e. The second-order valence-corrected chi connectivity index (χ2v) is 13.9. The Bertz CT molecular complexity index is 3450. The first-order valence-electron chi connectivity index (χ1n) is 18.3. The number of benzene rings is 7. The lowest BCUT2D eigenvalue weighted by atomic mass is 10.1. The zero-order valence-corrected chi connectivity index (χ0v) is 29.3. The molecule has 7 heteroatoms. The Morgan fingerprint density at radius 2 is 0.891 bits per heavy atom. The third-order valence-corrected chi connectivity index (χ3v) is 10.8. The van der Waals surface area contributed by atoms with E-state index in [1.807, 2.05) is 48.5 Å². The Kier molecular flexibility index (Phi) is 6.21. The minimum atomic E-state index is 0.548. The van der Waals surface area contributed by atoms with Crippen LogP contribution in [0.1, 0.15) is 0 Å². The monoisotopic (exact) mass is 704 g/mol. The first-order chi connectivity index (χ1) is 27.3. The number of fused-ring (bicyclic) bond motifs is 10. The van der Waals surface area contributed by atoms with Gasteiger partial charge in [-0.3, -0.25) is 9.13 Å². The second kappa shape index (κ2) is 11.4. The maximum Gasteiger partial charge on any atom is 0.233 e. The molecule has 55 heavy (non-hydrogen) atoms. The van der Waals surface area contributed by atoms with Crippen LogP contribution in [0.4, 0.5) is 0 Å². The number of aromatic nitrogens is 6. The molecule has 0 aliphatic carbocycles. The van der Waals surface area contributed by atoms with Crippen LogP contribution in [0.5, 0.6) is 0 Å². The summed E-state index contributed by atoms with van der Waals surface area (Å²) in [5.41, 5.74) is 8.29. The lowest BCUT2D eigenvalue weighted by Gasteiger charge is -2.13. The Morgan fingerprint density at radius 3 is 1.62 bits per heavy atom. The molecule has 0 amide bonds. The molecule has 0 saturated heterocycles. The summed E-state index contributed by atoms with van der Waals surface area (Å²) >= 11 is 0. The van der Waals surface area contributed by atoms with Gasteiger partial charge in [-0.2, -0.15) is 4.98 Å². The Hall–Kier alpha value is -7.64. The van der Waals surface area contributed by atoms with Gasteiger partial charge in [0, 0.05) is 43.4 Å². The molecule has 0 saturated carbocycles. The van der Waals surface area contributed by atoms with E-state index in [4.69, 9.17) is 24.4 Å². The molecular formula is C48H28N6O. The molecule has 0 N–H and O–H groups in total. The van der Waals surface area contributed by atoms with Crippen LogP contribution in [0.3, 0.4) is 0 Å². The highest BCUT2D eigenvalue weighted by Crippen LogP contribution is 2.40. The van der Waals surface area contributed by atoms with Gasteiger partial charge < -0.3 is 4.42 Å². The van der Waals surface area contributed by atoms with Crippen molar-refractivity contribution < 1.29 is 4.42 Å². The molecule has 12 aromatic rings. The van der Waals surface area contributed by atoms with E-state index in [9.17, 15) is 0 Å². The summed E-state index contributed by atoms with van der Waals surface area (Å²) < 4.78 is 11.0. The van der Waals surface area contributed by atoms with Crippen molar-refractivity contribution in [3.8, 4) is 34.4 Å². The largest absolute Gasteiger partial charge is 0.437 e. The van der Waals surface area contributed by atoms with Crippen molar-refractivity contribution in [3.63, 3.8) is 0 Å². The van der Waals surface area contributed by atoms with Gasteiger partial charge in [0.05, 0.1) is 33.0 Å². The molecule has 5 heterocycles. The predicted molar refractivity (Wildman–Crippen MR) is 222 cm³/mol. The summed E-state index contributed by atoms with van der Waals surface area (Å²) in [5, 5.41) is 7.35. The van der Waals surface area contributed by atoms with Gasteiger partial charge in [0.1, 0.15) is 11.4 Å². The molecule has 0 fully saturated rings. The molecular weight excluding hydrogens is 677 g/mol. The van der Waals surface area contributed by atoms with Crippen LogP contribution in [0.25, 0.3) is 111 Å². The van der Waals surface area contributed by atoms with Gasteiger partial charge in [0.2, 0.25) is 5.71 Å². The molecule has 12 rings (SSSR count). The van der Waals surface area contributed by atoms with Gasteiger partial charge in [-0.05, 0) is 54.6 Å². The summed E-state index contributed by atoms with van der Waals surface area (Å²) in [7, 11) is 0. The van der Waals surface area contributed by atoms with Crippen LogP contribution in [-0.2, 0) is 0 Å². The first kappa shape index (κ1) is 29.9. The molecule has 256 valence electrons. The van der Waals surface area contributed by atoms with Crippen molar-refractivity contribution in [1.82, 2.24) is 29.1 Å². The number of hydrogen-bond donors (Lipinski definition) is 0. The Morgan fingerprint density at radius 1 is 0.364 bits per heavy atom. The molecule has 0 aliphatic rings. The summed E-state index contributed by atoms with van der Waals surface area (Å²) in [4.78, 5) is 20.8. The van der Waals surface area contributed by atoms with E-state index in [1.165, 1.54) is 10.8 Å². The zero-order chi connectivity index (χ0) is 36.0. The highest BCUT2D eigenvalue weighted by Gasteiger charge is 2.23. The fraction of sp³-hybridized carbons (Fsp3) is 0. The van der Waals surface area contributed by atoms with Crippen molar-refractivity contribution >= 4 is 76.6 Å². The normalized spacial score (nSPS) is 12.0. The number of nitrogens with zero attached hydrogens (tertiary/aromatic N) is 6. The van der Waals surface area contributed by atoms with Crippen LogP contribution in [0.2, 0.25) is 0 Å². The molecule has 0 atom stereocenters. The molecule has 0 spiro atoms. The number of para-hydroxylation sites is 5. The minimum absolute atomic E-state index is 0.548. The third-order valence-electron chi connectivity index (χ3n) is 10.8.